The molecule has 3 heterocycles. The summed E-state index contributed by atoms with van der Waals surface area (Å²) in [5.74, 6) is -3.59. The van der Waals surface area contributed by atoms with Crippen molar-refractivity contribution in [1.29, 1.82) is 0 Å². The number of rotatable bonds is 8. The van der Waals surface area contributed by atoms with Gasteiger partial charge in [-0.05, 0) is 37.4 Å². The molecular weight excluding hydrogens is 506 g/mol. The first-order valence-electron chi connectivity index (χ1n) is 12.3. The summed E-state index contributed by atoms with van der Waals surface area (Å²) < 4.78 is 37.4. The molecule has 12 heteroatoms. The fourth-order valence-electron chi connectivity index (χ4n) is 4.40. The van der Waals surface area contributed by atoms with E-state index >= 15 is 8.78 Å². The highest BCUT2D eigenvalue weighted by molar-refractivity contribution is 5.98. The van der Waals surface area contributed by atoms with E-state index in [0.717, 1.165) is 37.9 Å². The highest BCUT2D eigenvalue weighted by Crippen LogP contribution is 2.39. The number of carbonyl (C=O) groups is 1. The minimum Gasteiger partial charge on any atom is -0.494 e. The largest absolute Gasteiger partial charge is 0.494 e. The van der Waals surface area contributed by atoms with Crippen molar-refractivity contribution in [3.63, 3.8) is 0 Å². The van der Waals surface area contributed by atoms with Crippen LogP contribution in [0.2, 0.25) is 0 Å². The Labute approximate surface area is 223 Å². The van der Waals surface area contributed by atoms with Gasteiger partial charge in [-0.15, -0.1) is 0 Å². The van der Waals surface area contributed by atoms with Gasteiger partial charge in [0.05, 0.1) is 19.1 Å². The van der Waals surface area contributed by atoms with E-state index in [1.165, 1.54) is 30.6 Å². The standard InChI is InChI=1S/C27H28F2N8O2/c1-4-22(38)32-18-7-5-6-17(14-18)27(28,29)24-23-25(31-16-30-23)35-26(34-24)33-20-9-8-19(15-21(20)39-3)37-12-10-36(2)11-13-37/h4-9,14-16H,1,10-13H2,2-3H3,(H,32,38)(H2,30,31,33,34,35). The molecular formula is C27H28F2N8O2. The summed E-state index contributed by atoms with van der Waals surface area (Å²) in [6.45, 7) is 7.08. The summed E-state index contributed by atoms with van der Waals surface area (Å²) in [4.78, 5) is 31.6. The Balaban J connectivity index is 1.48. The van der Waals surface area contributed by atoms with Crippen molar-refractivity contribution in [3.05, 3.63) is 72.7 Å². The van der Waals surface area contributed by atoms with E-state index in [-0.39, 0.29) is 28.4 Å². The SMILES string of the molecule is C=CC(=O)Nc1cccc(C(F)(F)c2nc(Nc3ccc(N4CCN(C)CC4)cc3OC)nc3[nH]cnc23)c1. The summed E-state index contributed by atoms with van der Waals surface area (Å²) in [5, 5.41) is 5.53. The van der Waals surface area contributed by atoms with Crippen molar-refractivity contribution in [3.8, 4) is 5.75 Å². The molecule has 4 aromatic rings. The number of aromatic nitrogens is 4. The zero-order valence-corrected chi connectivity index (χ0v) is 21.5. The molecule has 1 saturated heterocycles. The molecule has 0 bridgehead atoms. The first-order valence-corrected chi connectivity index (χ1v) is 12.3. The number of fused-ring (bicyclic) bond motifs is 1. The van der Waals surface area contributed by atoms with Crippen LogP contribution in [0.4, 0.5) is 31.8 Å². The van der Waals surface area contributed by atoms with E-state index < -0.39 is 17.5 Å². The molecule has 0 radical (unpaired) electrons. The number of H-pyrrole nitrogens is 1. The van der Waals surface area contributed by atoms with Gasteiger partial charge in [0.25, 0.3) is 0 Å². The Morgan fingerprint density at radius 3 is 2.69 bits per heavy atom. The van der Waals surface area contributed by atoms with Crippen LogP contribution in [0, 0.1) is 0 Å². The normalized spacial score (nSPS) is 14.3. The number of anilines is 4. The smallest absolute Gasteiger partial charge is 0.317 e. The molecule has 1 amide bonds. The van der Waals surface area contributed by atoms with Gasteiger partial charge in [0.15, 0.2) is 5.65 Å². The quantitative estimate of drug-likeness (QED) is 0.290. The summed E-state index contributed by atoms with van der Waals surface area (Å²) >= 11 is 0. The second-order valence-electron chi connectivity index (χ2n) is 9.14. The lowest BCUT2D eigenvalue weighted by Crippen LogP contribution is -2.44. The van der Waals surface area contributed by atoms with Gasteiger partial charge in [-0.1, -0.05) is 18.7 Å². The van der Waals surface area contributed by atoms with E-state index in [9.17, 15) is 4.79 Å². The molecule has 0 unspecified atom stereocenters. The zero-order chi connectivity index (χ0) is 27.6. The molecule has 1 fully saturated rings. The van der Waals surface area contributed by atoms with Crippen molar-refractivity contribution >= 4 is 40.1 Å². The van der Waals surface area contributed by atoms with Crippen molar-refractivity contribution in [1.82, 2.24) is 24.8 Å². The maximum atomic E-state index is 15.9. The third kappa shape index (κ3) is 5.36. The first-order chi connectivity index (χ1) is 18.8. The molecule has 0 aliphatic carbocycles. The van der Waals surface area contributed by atoms with E-state index in [4.69, 9.17) is 4.74 Å². The third-order valence-electron chi connectivity index (χ3n) is 6.55. The molecule has 2 aromatic heterocycles. The first kappa shape index (κ1) is 26.0. The molecule has 0 spiro atoms. The van der Waals surface area contributed by atoms with Crippen molar-refractivity contribution in [2.75, 3.05) is 55.9 Å². The lowest BCUT2D eigenvalue weighted by atomic mass is 10.0. The Morgan fingerprint density at radius 1 is 1.15 bits per heavy atom. The number of carbonyl (C=O) groups excluding carboxylic acids is 1. The number of likely N-dealkylation sites (N-methyl/N-ethyl adjacent to an activating group) is 1. The number of piperazine rings is 1. The van der Waals surface area contributed by atoms with Gasteiger partial charge in [-0.2, -0.15) is 13.8 Å². The zero-order valence-electron chi connectivity index (χ0n) is 21.5. The summed E-state index contributed by atoms with van der Waals surface area (Å²) in [5.41, 5.74) is 0.857. The number of nitrogens with one attached hydrogen (secondary N) is 3. The van der Waals surface area contributed by atoms with Crippen LogP contribution in [0.15, 0.2) is 61.4 Å². The van der Waals surface area contributed by atoms with Crippen molar-refractivity contribution < 1.29 is 18.3 Å². The molecule has 1 aliphatic heterocycles. The molecule has 0 saturated carbocycles. The van der Waals surface area contributed by atoms with Crippen LogP contribution in [-0.2, 0) is 10.7 Å². The van der Waals surface area contributed by atoms with Crippen molar-refractivity contribution in [2.45, 2.75) is 5.92 Å². The number of nitrogens with zero attached hydrogens (tertiary/aromatic N) is 5. The topological polar surface area (TPSA) is 111 Å². The molecule has 202 valence electrons. The minimum absolute atomic E-state index is 0.0526. The average Bonchev–Trinajstić information content (AvgIpc) is 3.42. The van der Waals surface area contributed by atoms with Crippen LogP contribution in [-0.4, -0.2) is 71.1 Å². The summed E-state index contributed by atoms with van der Waals surface area (Å²) in [7, 11) is 3.64. The van der Waals surface area contributed by atoms with Crippen LogP contribution >= 0.6 is 0 Å². The van der Waals surface area contributed by atoms with Crippen LogP contribution in [0.25, 0.3) is 11.2 Å². The molecule has 3 N–H and O–H groups in total. The number of methoxy groups -OCH3 is 1. The van der Waals surface area contributed by atoms with E-state index in [0.29, 0.717) is 11.4 Å². The number of benzene rings is 2. The van der Waals surface area contributed by atoms with E-state index in [1.807, 2.05) is 18.2 Å². The lowest BCUT2D eigenvalue weighted by Gasteiger charge is -2.34. The van der Waals surface area contributed by atoms with Gasteiger partial charge >= 0.3 is 5.92 Å². The maximum absolute atomic E-state index is 15.9. The number of hydrogen-bond acceptors (Lipinski definition) is 8. The fourth-order valence-corrected chi connectivity index (χ4v) is 4.40. The molecule has 10 nitrogen and oxygen atoms in total. The number of alkyl halides is 2. The van der Waals surface area contributed by atoms with Gasteiger partial charge < -0.3 is 30.2 Å². The summed E-state index contributed by atoms with van der Waals surface area (Å²) in [6.07, 6.45) is 2.35. The molecule has 1 aliphatic rings. The highest BCUT2D eigenvalue weighted by atomic mass is 19.3. The molecule has 0 atom stereocenters. The fraction of sp³-hybridized carbons (Fsp3) is 0.259. The predicted molar refractivity (Wildman–Crippen MR) is 146 cm³/mol. The number of hydrogen-bond donors (Lipinski definition) is 3. The Bertz CT molecular complexity index is 1510. The van der Waals surface area contributed by atoms with Gasteiger partial charge in [-0.3, -0.25) is 4.79 Å². The Morgan fingerprint density at radius 2 is 1.95 bits per heavy atom. The van der Waals surface area contributed by atoms with Gasteiger partial charge in [0.1, 0.15) is 17.0 Å². The average molecular weight is 535 g/mol. The van der Waals surface area contributed by atoms with Gasteiger partial charge in [0, 0.05) is 49.2 Å². The molecule has 39 heavy (non-hydrogen) atoms. The number of ether oxygens (including phenoxy) is 1. The van der Waals surface area contributed by atoms with E-state index in [1.54, 1.807) is 7.11 Å². The highest BCUT2D eigenvalue weighted by Gasteiger charge is 2.39. The second-order valence-corrected chi connectivity index (χ2v) is 9.14. The van der Waals surface area contributed by atoms with E-state index in [2.05, 4.69) is 54.0 Å². The third-order valence-corrected chi connectivity index (χ3v) is 6.55. The van der Waals surface area contributed by atoms with Crippen LogP contribution < -0.4 is 20.3 Å². The van der Waals surface area contributed by atoms with Gasteiger partial charge in [0.2, 0.25) is 11.9 Å². The van der Waals surface area contributed by atoms with Crippen LogP contribution in [0.1, 0.15) is 11.3 Å². The summed E-state index contributed by atoms with van der Waals surface area (Å²) in [6, 6.07) is 11.1. The number of amides is 1. The van der Waals surface area contributed by atoms with Crippen molar-refractivity contribution in [2.24, 2.45) is 0 Å². The number of halogens is 2. The monoisotopic (exact) mass is 534 g/mol. The van der Waals surface area contributed by atoms with Gasteiger partial charge in [-0.25, -0.2) is 9.97 Å². The minimum atomic E-state index is -3.56. The van der Waals surface area contributed by atoms with Crippen LogP contribution in [0.3, 0.4) is 0 Å². The molecule has 2 aromatic carbocycles. The predicted octanol–water partition coefficient (Wildman–Crippen LogP) is 4.12. The Hall–Kier alpha value is -4.58. The lowest BCUT2D eigenvalue weighted by molar-refractivity contribution is -0.111. The Kier molecular flexibility index (Phi) is 7.11. The van der Waals surface area contributed by atoms with Crippen LogP contribution in [0.5, 0.6) is 5.75 Å². The maximum Gasteiger partial charge on any atom is 0.317 e. The second kappa shape index (κ2) is 10.7. The number of aromatic amines is 1. The number of imidazole rings is 1. The molecule has 5 rings (SSSR count).